The number of carboxylic acid groups (broad SMARTS) is 1. The summed E-state index contributed by atoms with van der Waals surface area (Å²) in [5.74, 6) is -0.304. The second-order valence-corrected chi connectivity index (χ2v) is 7.82. The van der Waals surface area contributed by atoms with Crippen LogP contribution >= 0.6 is 0 Å². The van der Waals surface area contributed by atoms with Crippen molar-refractivity contribution >= 4 is 11.9 Å². The first-order chi connectivity index (χ1) is 16.5. The van der Waals surface area contributed by atoms with Gasteiger partial charge in [-0.15, -0.1) is 0 Å². The van der Waals surface area contributed by atoms with Crippen molar-refractivity contribution in [2.75, 3.05) is 26.2 Å². The smallest absolute Gasteiger partial charge is 0.321 e. The number of carbonyl (C=O) groups is 2. The van der Waals surface area contributed by atoms with Gasteiger partial charge >= 0.3 is 5.97 Å². The third-order valence-electron chi connectivity index (χ3n) is 5.65. The maximum absolute atomic E-state index is 12.4. The fraction of sp³-hybridized carbons (Fsp3) is 0.296. The minimum absolute atomic E-state index is 0.164. The van der Waals surface area contributed by atoms with E-state index in [4.69, 9.17) is 4.74 Å². The molecule has 0 aliphatic carbocycles. The Morgan fingerprint density at radius 1 is 1.00 bits per heavy atom. The molecular formula is C27H31N3O4. The van der Waals surface area contributed by atoms with E-state index in [1.165, 1.54) is 0 Å². The monoisotopic (exact) mass is 461 g/mol. The van der Waals surface area contributed by atoms with E-state index >= 15 is 0 Å². The van der Waals surface area contributed by atoms with Crippen LogP contribution in [-0.4, -0.2) is 59.1 Å². The summed E-state index contributed by atoms with van der Waals surface area (Å²) in [7, 11) is 0. The molecule has 3 rings (SSSR count). The van der Waals surface area contributed by atoms with Gasteiger partial charge in [-0.05, 0) is 61.5 Å². The first kappa shape index (κ1) is 24.9. The molecule has 0 aliphatic rings. The quantitative estimate of drug-likeness (QED) is 0.398. The number of aromatic nitrogens is 1. The number of amides is 1. The zero-order valence-electron chi connectivity index (χ0n) is 19.6. The topological polar surface area (TPSA) is 91.8 Å². The number of carboxylic acids is 1. The molecule has 0 saturated carbocycles. The maximum Gasteiger partial charge on any atom is 0.321 e. The molecule has 1 atom stereocenters. The third kappa shape index (κ3) is 6.89. The number of pyridine rings is 1. The molecule has 0 bridgehead atoms. The predicted octanol–water partition coefficient (Wildman–Crippen LogP) is 3.89. The van der Waals surface area contributed by atoms with Gasteiger partial charge < -0.3 is 15.2 Å². The van der Waals surface area contributed by atoms with Crippen LogP contribution in [0.2, 0.25) is 0 Å². The average molecular weight is 462 g/mol. The van der Waals surface area contributed by atoms with E-state index in [2.05, 4.69) is 10.3 Å². The predicted molar refractivity (Wildman–Crippen MR) is 132 cm³/mol. The van der Waals surface area contributed by atoms with Gasteiger partial charge in [0.05, 0.1) is 12.2 Å². The maximum atomic E-state index is 12.4. The molecular weight excluding hydrogens is 430 g/mol. The zero-order chi connectivity index (χ0) is 24.3. The van der Waals surface area contributed by atoms with E-state index in [9.17, 15) is 14.7 Å². The van der Waals surface area contributed by atoms with Gasteiger partial charge in [-0.3, -0.25) is 19.5 Å². The first-order valence-electron chi connectivity index (χ1n) is 11.5. The number of benzene rings is 2. The molecule has 2 aromatic carbocycles. The molecule has 34 heavy (non-hydrogen) atoms. The van der Waals surface area contributed by atoms with E-state index in [0.29, 0.717) is 44.0 Å². The SMILES string of the molecule is CCN(CC)C(Cc1ccc(OCCNC(=O)c2ccc(-c3ccccn3)cc2)cc1)C(=O)O. The lowest BCUT2D eigenvalue weighted by molar-refractivity contribution is -0.143. The molecule has 1 aromatic heterocycles. The van der Waals surface area contributed by atoms with Crippen LogP contribution in [0, 0.1) is 0 Å². The number of ether oxygens (including phenoxy) is 1. The van der Waals surface area contributed by atoms with E-state index in [1.807, 2.05) is 73.3 Å². The number of likely N-dealkylation sites (N-methyl/N-ethyl adjacent to an activating group) is 1. The van der Waals surface area contributed by atoms with Gasteiger partial charge in [-0.2, -0.15) is 0 Å². The Bertz CT molecular complexity index is 1050. The molecule has 1 unspecified atom stereocenters. The number of carbonyl (C=O) groups excluding carboxylic acids is 1. The van der Waals surface area contributed by atoms with E-state index < -0.39 is 12.0 Å². The minimum atomic E-state index is -0.814. The fourth-order valence-electron chi connectivity index (χ4n) is 3.74. The van der Waals surface area contributed by atoms with Crippen LogP contribution in [0.15, 0.2) is 72.9 Å². The number of hydrogen-bond donors (Lipinski definition) is 2. The van der Waals surface area contributed by atoms with Crippen molar-refractivity contribution in [3.05, 3.63) is 84.1 Å². The summed E-state index contributed by atoms with van der Waals surface area (Å²) >= 11 is 0. The highest BCUT2D eigenvalue weighted by molar-refractivity contribution is 5.94. The van der Waals surface area contributed by atoms with Crippen molar-refractivity contribution in [2.45, 2.75) is 26.3 Å². The van der Waals surface area contributed by atoms with Crippen molar-refractivity contribution in [1.29, 1.82) is 0 Å². The molecule has 7 nitrogen and oxygen atoms in total. The minimum Gasteiger partial charge on any atom is -0.492 e. The van der Waals surface area contributed by atoms with E-state index in [1.54, 1.807) is 18.3 Å². The third-order valence-corrected chi connectivity index (χ3v) is 5.65. The molecule has 1 heterocycles. The molecule has 0 saturated heterocycles. The van der Waals surface area contributed by atoms with Gasteiger partial charge in [0.25, 0.3) is 5.91 Å². The van der Waals surface area contributed by atoms with Gasteiger partial charge in [0.15, 0.2) is 0 Å². The fourth-order valence-corrected chi connectivity index (χ4v) is 3.74. The van der Waals surface area contributed by atoms with Crippen LogP contribution in [0.3, 0.4) is 0 Å². The molecule has 0 fully saturated rings. The van der Waals surface area contributed by atoms with Crippen LogP contribution in [0.1, 0.15) is 29.8 Å². The largest absolute Gasteiger partial charge is 0.492 e. The van der Waals surface area contributed by atoms with Crippen molar-refractivity contribution in [1.82, 2.24) is 15.2 Å². The lowest BCUT2D eigenvalue weighted by atomic mass is 10.0. The summed E-state index contributed by atoms with van der Waals surface area (Å²) in [6.45, 7) is 6.00. The van der Waals surface area contributed by atoms with Crippen LogP contribution in [0.25, 0.3) is 11.3 Å². The highest BCUT2D eigenvalue weighted by atomic mass is 16.5. The molecule has 0 radical (unpaired) electrons. The summed E-state index contributed by atoms with van der Waals surface area (Å²) in [5.41, 5.74) is 3.33. The summed E-state index contributed by atoms with van der Waals surface area (Å²) in [5, 5.41) is 12.4. The normalized spacial score (nSPS) is 11.7. The van der Waals surface area contributed by atoms with Crippen LogP contribution < -0.4 is 10.1 Å². The summed E-state index contributed by atoms with van der Waals surface area (Å²) in [6.07, 6.45) is 2.18. The second-order valence-electron chi connectivity index (χ2n) is 7.82. The Morgan fingerprint density at radius 2 is 1.71 bits per heavy atom. The Morgan fingerprint density at radius 3 is 2.29 bits per heavy atom. The molecule has 7 heteroatoms. The lowest BCUT2D eigenvalue weighted by Crippen LogP contribution is -2.42. The Balaban J connectivity index is 1.45. The number of nitrogens with zero attached hydrogens (tertiary/aromatic N) is 2. The second kappa shape index (κ2) is 12.5. The van der Waals surface area contributed by atoms with Gasteiger partial charge in [0.2, 0.25) is 0 Å². The van der Waals surface area contributed by atoms with Crippen LogP contribution in [0.5, 0.6) is 5.75 Å². The van der Waals surface area contributed by atoms with Gasteiger partial charge in [0, 0.05) is 17.3 Å². The highest BCUT2D eigenvalue weighted by Crippen LogP contribution is 2.17. The summed E-state index contributed by atoms with van der Waals surface area (Å²) in [6, 6.07) is 19.9. The summed E-state index contributed by atoms with van der Waals surface area (Å²) < 4.78 is 5.72. The molecule has 0 aliphatic heterocycles. The number of nitrogens with one attached hydrogen (secondary N) is 1. The summed E-state index contributed by atoms with van der Waals surface area (Å²) in [4.78, 5) is 30.3. The van der Waals surface area contributed by atoms with Gasteiger partial charge in [-0.25, -0.2) is 0 Å². The Kier molecular flexibility index (Phi) is 9.17. The van der Waals surface area contributed by atoms with Crippen molar-refractivity contribution in [3.63, 3.8) is 0 Å². The van der Waals surface area contributed by atoms with E-state index in [0.717, 1.165) is 16.8 Å². The Labute approximate surface area is 200 Å². The van der Waals surface area contributed by atoms with Crippen molar-refractivity contribution in [3.8, 4) is 17.0 Å². The average Bonchev–Trinajstić information content (AvgIpc) is 2.88. The zero-order valence-corrected chi connectivity index (χ0v) is 19.6. The highest BCUT2D eigenvalue weighted by Gasteiger charge is 2.23. The number of rotatable bonds is 12. The number of hydrogen-bond acceptors (Lipinski definition) is 5. The van der Waals surface area contributed by atoms with Gasteiger partial charge in [-0.1, -0.05) is 44.2 Å². The first-order valence-corrected chi connectivity index (χ1v) is 11.5. The van der Waals surface area contributed by atoms with Gasteiger partial charge in [0.1, 0.15) is 18.4 Å². The van der Waals surface area contributed by atoms with Crippen LogP contribution in [-0.2, 0) is 11.2 Å². The standard InChI is InChI=1S/C27H31N3O4/c1-3-30(4-2)25(27(32)33)19-20-8-14-23(15-9-20)34-18-17-29-26(31)22-12-10-21(11-13-22)24-7-5-6-16-28-24/h5-16,25H,3-4,17-19H2,1-2H3,(H,29,31)(H,32,33). The molecule has 2 N–H and O–H groups in total. The van der Waals surface area contributed by atoms with Crippen molar-refractivity contribution < 1.29 is 19.4 Å². The van der Waals surface area contributed by atoms with E-state index in [-0.39, 0.29) is 5.91 Å². The van der Waals surface area contributed by atoms with Crippen LogP contribution in [0.4, 0.5) is 0 Å². The molecule has 3 aromatic rings. The molecule has 178 valence electrons. The lowest BCUT2D eigenvalue weighted by Gasteiger charge is -2.26. The Hall–Kier alpha value is -3.71. The molecule has 0 spiro atoms. The number of aliphatic carboxylic acids is 1. The molecule has 1 amide bonds. The van der Waals surface area contributed by atoms with Crippen molar-refractivity contribution in [2.24, 2.45) is 0 Å².